The maximum absolute atomic E-state index is 5.74. The zero-order valence-corrected chi connectivity index (χ0v) is 10.6. The molecular formula is C12H15N5O2. The minimum Gasteiger partial charge on any atom is -0.382 e. The molecule has 0 amide bonds. The molecule has 7 nitrogen and oxygen atoms in total. The predicted molar refractivity (Wildman–Crippen MR) is 66.8 cm³/mol. The van der Waals surface area contributed by atoms with Gasteiger partial charge in [0.05, 0.1) is 0 Å². The Bertz CT molecular complexity index is 567. The molecule has 0 saturated heterocycles. The summed E-state index contributed by atoms with van der Waals surface area (Å²) in [6.07, 6.45) is 5.24. The molecule has 2 heterocycles. The van der Waals surface area contributed by atoms with E-state index >= 15 is 0 Å². The Morgan fingerprint density at radius 3 is 2.89 bits per heavy atom. The molecule has 2 aromatic heterocycles. The monoisotopic (exact) mass is 261 g/mol. The van der Waals surface area contributed by atoms with E-state index in [-0.39, 0.29) is 17.8 Å². The van der Waals surface area contributed by atoms with Gasteiger partial charge in [0.25, 0.3) is 5.89 Å². The van der Waals surface area contributed by atoms with Gasteiger partial charge in [-0.05, 0) is 25.7 Å². The standard InChI is InChI=1S/C12H15N5O2/c1-2-18-9(7-3-4-7)11-16-12(19-17-11)8-10(13)15-6-5-14-8/h5-7,9H,2-4H2,1H3,(H2,13,15). The summed E-state index contributed by atoms with van der Waals surface area (Å²) < 4.78 is 10.9. The smallest absolute Gasteiger partial charge is 0.280 e. The van der Waals surface area contributed by atoms with E-state index in [1.807, 2.05) is 6.92 Å². The van der Waals surface area contributed by atoms with E-state index in [0.29, 0.717) is 24.0 Å². The number of nitrogen functional groups attached to an aromatic ring is 1. The van der Waals surface area contributed by atoms with Crippen molar-refractivity contribution < 1.29 is 9.26 Å². The van der Waals surface area contributed by atoms with Crippen molar-refractivity contribution in [3.8, 4) is 11.6 Å². The molecule has 0 spiro atoms. The average molecular weight is 261 g/mol. The van der Waals surface area contributed by atoms with Crippen molar-refractivity contribution in [1.29, 1.82) is 0 Å². The number of ether oxygens (including phenoxy) is 1. The van der Waals surface area contributed by atoms with Crippen LogP contribution in [0.2, 0.25) is 0 Å². The highest BCUT2D eigenvalue weighted by atomic mass is 16.5. The molecule has 1 unspecified atom stereocenters. The lowest BCUT2D eigenvalue weighted by molar-refractivity contribution is 0.0385. The summed E-state index contributed by atoms with van der Waals surface area (Å²) in [5, 5.41) is 3.98. The largest absolute Gasteiger partial charge is 0.382 e. The number of rotatable bonds is 5. The number of nitrogens with two attached hydrogens (primary N) is 1. The van der Waals surface area contributed by atoms with E-state index in [0.717, 1.165) is 12.8 Å². The van der Waals surface area contributed by atoms with Gasteiger partial charge in [-0.1, -0.05) is 5.16 Å². The van der Waals surface area contributed by atoms with Gasteiger partial charge in [0, 0.05) is 19.0 Å². The molecule has 0 aromatic carbocycles. The number of anilines is 1. The fraction of sp³-hybridized carbons (Fsp3) is 0.500. The van der Waals surface area contributed by atoms with Gasteiger partial charge in [-0.3, -0.25) is 0 Å². The van der Waals surface area contributed by atoms with Gasteiger partial charge in [-0.15, -0.1) is 0 Å². The summed E-state index contributed by atoms with van der Waals surface area (Å²) in [7, 11) is 0. The van der Waals surface area contributed by atoms with Crippen LogP contribution in [0.4, 0.5) is 5.82 Å². The molecule has 0 radical (unpaired) electrons. The second kappa shape index (κ2) is 4.93. The Hall–Kier alpha value is -2.02. The van der Waals surface area contributed by atoms with Crippen molar-refractivity contribution in [2.75, 3.05) is 12.3 Å². The molecule has 1 saturated carbocycles. The molecule has 2 N–H and O–H groups in total. The average Bonchev–Trinajstić information content (AvgIpc) is 3.14. The van der Waals surface area contributed by atoms with Crippen molar-refractivity contribution in [2.24, 2.45) is 5.92 Å². The van der Waals surface area contributed by atoms with Crippen LogP contribution in [-0.2, 0) is 4.74 Å². The minimum atomic E-state index is -0.0969. The third-order valence-corrected chi connectivity index (χ3v) is 3.02. The molecule has 7 heteroatoms. The molecule has 1 fully saturated rings. The fourth-order valence-electron chi connectivity index (χ4n) is 1.96. The van der Waals surface area contributed by atoms with Crippen LogP contribution in [0.1, 0.15) is 31.7 Å². The highest BCUT2D eigenvalue weighted by Gasteiger charge is 2.36. The Balaban J connectivity index is 1.88. The lowest BCUT2D eigenvalue weighted by Gasteiger charge is -2.10. The van der Waals surface area contributed by atoms with Crippen LogP contribution >= 0.6 is 0 Å². The van der Waals surface area contributed by atoms with Gasteiger partial charge in [0.2, 0.25) is 5.82 Å². The molecule has 2 aromatic rings. The van der Waals surface area contributed by atoms with E-state index < -0.39 is 0 Å². The summed E-state index contributed by atoms with van der Waals surface area (Å²) in [6, 6.07) is 0. The third kappa shape index (κ3) is 2.41. The van der Waals surface area contributed by atoms with E-state index in [4.69, 9.17) is 15.0 Å². The van der Waals surface area contributed by atoms with Gasteiger partial charge in [0.15, 0.2) is 11.5 Å². The zero-order chi connectivity index (χ0) is 13.2. The summed E-state index contributed by atoms with van der Waals surface area (Å²) in [4.78, 5) is 12.4. The Labute approximate surface area is 110 Å². The second-order valence-corrected chi connectivity index (χ2v) is 4.46. The van der Waals surface area contributed by atoms with Crippen molar-refractivity contribution in [3.63, 3.8) is 0 Å². The topological polar surface area (TPSA) is 100.0 Å². The first-order valence-electron chi connectivity index (χ1n) is 6.31. The number of hydrogen-bond acceptors (Lipinski definition) is 7. The first-order valence-corrected chi connectivity index (χ1v) is 6.31. The summed E-state index contributed by atoms with van der Waals surface area (Å²) >= 11 is 0. The van der Waals surface area contributed by atoms with Gasteiger partial charge >= 0.3 is 0 Å². The Kier molecular flexibility index (Phi) is 3.12. The molecule has 1 aliphatic rings. The quantitative estimate of drug-likeness (QED) is 0.872. The first kappa shape index (κ1) is 12.0. The zero-order valence-electron chi connectivity index (χ0n) is 10.6. The number of aromatic nitrogens is 4. The van der Waals surface area contributed by atoms with Crippen molar-refractivity contribution in [2.45, 2.75) is 25.9 Å². The maximum Gasteiger partial charge on any atom is 0.280 e. The maximum atomic E-state index is 5.74. The molecule has 19 heavy (non-hydrogen) atoms. The van der Waals surface area contributed by atoms with Crippen LogP contribution in [0.5, 0.6) is 0 Å². The van der Waals surface area contributed by atoms with Gasteiger partial charge in [-0.25, -0.2) is 9.97 Å². The summed E-state index contributed by atoms with van der Waals surface area (Å²) in [6.45, 7) is 2.58. The van der Waals surface area contributed by atoms with Crippen LogP contribution in [0.3, 0.4) is 0 Å². The Morgan fingerprint density at radius 2 is 2.21 bits per heavy atom. The summed E-state index contributed by atoms with van der Waals surface area (Å²) in [5.41, 5.74) is 6.15. The van der Waals surface area contributed by atoms with Crippen LogP contribution < -0.4 is 5.73 Å². The van der Waals surface area contributed by atoms with Crippen LogP contribution in [0.15, 0.2) is 16.9 Å². The fourth-order valence-corrected chi connectivity index (χ4v) is 1.96. The summed E-state index contributed by atoms with van der Waals surface area (Å²) in [5.74, 6) is 1.61. The van der Waals surface area contributed by atoms with Crippen molar-refractivity contribution >= 4 is 5.82 Å². The number of nitrogens with zero attached hydrogens (tertiary/aromatic N) is 4. The third-order valence-electron chi connectivity index (χ3n) is 3.02. The molecule has 3 rings (SSSR count). The van der Waals surface area contributed by atoms with Crippen molar-refractivity contribution in [3.05, 3.63) is 18.2 Å². The predicted octanol–water partition coefficient (Wildman–Crippen LogP) is 1.60. The Morgan fingerprint density at radius 1 is 1.42 bits per heavy atom. The first-order chi connectivity index (χ1) is 9.29. The lowest BCUT2D eigenvalue weighted by Crippen LogP contribution is -2.08. The van der Waals surface area contributed by atoms with Crippen LogP contribution in [-0.4, -0.2) is 26.7 Å². The van der Waals surface area contributed by atoms with Crippen LogP contribution in [0.25, 0.3) is 11.6 Å². The lowest BCUT2D eigenvalue weighted by atomic mass is 10.2. The molecule has 0 aliphatic heterocycles. The van der Waals surface area contributed by atoms with E-state index in [2.05, 4.69) is 20.1 Å². The molecule has 100 valence electrons. The number of hydrogen-bond donors (Lipinski definition) is 1. The molecule has 1 atom stereocenters. The van der Waals surface area contributed by atoms with E-state index in [1.54, 1.807) is 0 Å². The van der Waals surface area contributed by atoms with Crippen molar-refractivity contribution in [1.82, 2.24) is 20.1 Å². The van der Waals surface area contributed by atoms with E-state index in [1.165, 1.54) is 12.4 Å². The SMILES string of the molecule is CCOC(c1noc(-c2nccnc2N)n1)C1CC1. The minimum absolute atomic E-state index is 0.0969. The molecular weight excluding hydrogens is 246 g/mol. The van der Waals surface area contributed by atoms with E-state index in [9.17, 15) is 0 Å². The normalized spacial score (nSPS) is 16.5. The molecule has 0 bridgehead atoms. The van der Waals surface area contributed by atoms with Gasteiger partial charge < -0.3 is 15.0 Å². The van der Waals surface area contributed by atoms with Gasteiger partial charge in [-0.2, -0.15) is 4.98 Å². The highest BCUT2D eigenvalue weighted by molar-refractivity contribution is 5.61. The highest BCUT2D eigenvalue weighted by Crippen LogP contribution is 2.42. The second-order valence-electron chi connectivity index (χ2n) is 4.46. The van der Waals surface area contributed by atoms with Crippen LogP contribution in [0, 0.1) is 5.92 Å². The molecule has 1 aliphatic carbocycles. The van der Waals surface area contributed by atoms with Gasteiger partial charge in [0.1, 0.15) is 6.10 Å².